The minimum absolute atomic E-state index is 0.0290. The molecule has 9 heteroatoms. The zero-order valence-corrected chi connectivity index (χ0v) is 15.8. The summed E-state index contributed by atoms with van der Waals surface area (Å²) < 4.78 is 26.4. The highest BCUT2D eigenvalue weighted by atomic mass is 79.9. The van der Waals surface area contributed by atoms with Gasteiger partial charge in [0, 0.05) is 16.1 Å². The zero-order chi connectivity index (χ0) is 16.6. The van der Waals surface area contributed by atoms with E-state index in [4.69, 9.17) is 12.2 Å². The molecule has 1 atom stereocenters. The minimum Gasteiger partial charge on any atom is -0.283 e. The zero-order valence-electron chi connectivity index (χ0n) is 12.6. The molecule has 1 aromatic carbocycles. The smallest absolute Gasteiger partial charge is 0.217 e. The van der Waals surface area contributed by atoms with Gasteiger partial charge in [-0.15, -0.1) is 0 Å². The van der Waals surface area contributed by atoms with Crippen molar-refractivity contribution in [2.24, 2.45) is 0 Å². The summed E-state index contributed by atoms with van der Waals surface area (Å²) in [7, 11) is -0.982. The number of rotatable bonds is 4. The van der Waals surface area contributed by atoms with E-state index in [0.717, 1.165) is 10.0 Å². The van der Waals surface area contributed by atoms with Crippen molar-refractivity contribution < 1.29 is 8.42 Å². The Bertz CT molecular complexity index is 858. The Balaban J connectivity index is 1.76. The van der Waals surface area contributed by atoms with Gasteiger partial charge in [0.1, 0.15) is 0 Å². The number of benzene rings is 1. The van der Waals surface area contributed by atoms with E-state index in [1.807, 2.05) is 36.2 Å². The Hall–Kier alpha value is -1.03. The molecule has 1 fully saturated rings. The predicted octanol–water partition coefficient (Wildman–Crippen LogP) is 2.45. The van der Waals surface area contributed by atoms with Gasteiger partial charge in [-0.3, -0.25) is 10.00 Å². The second-order valence-electron chi connectivity index (χ2n) is 5.74. The molecule has 0 bridgehead atoms. The number of sulfone groups is 1. The van der Waals surface area contributed by atoms with Crippen molar-refractivity contribution in [1.82, 2.24) is 19.7 Å². The number of H-pyrrole nitrogens is 1. The Labute approximate surface area is 148 Å². The SMILES string of the molecule is CN(Cn1[nH]c(-c2ccc(Br)cc2)nc1=S)[C@@H]1CCS(=O)(=O)C1. The van der Waals surface area contributed by atoms with Gasteiger partial charge >= 0.3 is 0 Å². The summed E-state index contributed by atoms with van der Waals surface area (Å²) in [6.45, 7) is 0.489. The number of aromatic nitrogens is 3. The van der Waals surface area contributed by atoms with Crippen LogP contribution in [0.15, 0.2) is 28.7 Å². The number of halogens is 1. The van der Waals surface area contributed by atoms with Crippen LogP contribution < -0.4 is 0 Å². The van der Waals surface area contributed by atoms with E-state index in [2.05, 4.69) is 26.0 Å². The molecule has 1 aliphatic rings. The van der Waals surface area contributed by atoms with Crippen LogP contribution >= 0.6 is 28.1 Å². The van der Waals surface area contributed by atoms with Gasteiger partial charge in [-0.1, -0.05) is 28.1 Å². The van der Waals surface area contributed by atoms with Gasteiger partial charge in [-0.05, 0) is 37.8 Å². The molecule has 0 spiro atoms. The third-order valence-electron chi connectivity index (χ3n) is 3.99. The van der Waals surface area contributed by atoms with Crippen molar-refractivity contribution in [2.45, 2.75) is 19.1 Å². The Kier molecular flexibility index (Phi) is 4.73. The Morgan fingerprint density at radius 3 is 2.74 bits per heavy atom. The molecule has 0 amide bonds. The lowest BCUT2D eigenvalue weighted by molar-refractivity contribution is 0.197. The molecule has 1 N–H and O–H groups in total. The number of aromatic amines is 1. The fraction of sp³-hybridized carbons (Fsp3) is 0.429. The molecule has 0 saturated carbocycles. The predicted molar refractivity (Wildman–Crippen MR) is 95.4 cm³/mol. The second-order valence-corrected chi connectivity index (χ2v) is 9.25. The third kappa shape index (κ3) is 3.90. The number of nitrogens with one attached hydrogen (secondary N) is 1. The van der Waals surface area contributed by atoms with Gasteiger partial charge in [0.15, 0.2) is 15.7 Å². The van der Waals surface area contributed by atoms with Crippen LogP contribution in [-0.2, 0) is 16.5 Å². The van der Waals surface area contributed by atoms with E-state index in [1.165, 1.54) is 0 Å². The summed E-state index contributed by atoms with van der Waals surface area (Å²) in [6.07, 6.45) is 0.667. The molecule has 0 unspecified atom stereocenters. The molecule has 0 aliphatic carbocycles. The lowest BCUT2D eigenvalue weighted by Crippen LogP contribution is -2.34. The molecule has 3 rings (SSSR count). The maximum absolute atomic E-state index is 11.6. The average Bonchev–Trinajstić information content (AvgIpc) is 3.03. The van der Waals surface area contributed by atoms with Gasteiger partial charge in [-0.25, -0.2) is 13.1 Å². The molecular formula is C14H17BrN4O2S2. The third-order valence-corrected chi connectivity index (χ3v) is 6.58. The van der Waals surface area contributed by atoms with Crippen molar-refractivity contribution in [2.75, 3.05) is 18.6 Å². The highest BCUT2D eigenvalue weighted by molar-refractivity contribution is 9.10. The lowest BCUT2D eigenvalue weighted by atomic mass is 10.2. The van der Waals surface area contributed by atoms with E-state index < -0.39 is 9.84 Å². The summed E-state index contributed by atoms with van der Waals surface area (Å²) >= 11 is 8.71. The fourth-order valence-electron chi connectivity index (χ4n) is 2.65. The number of hydrogen-bond donors (Lipinski definition) is 1. The van der Waals surface area contributed by atoms with Crippen LogP contribution in [0.4, 0.5) is 0 Å². The molecule has 1 aromatic heterocycles. The van der Waals surface area contributed by atoms with Crippen molar-refractivity contribution in [3.63, 3.8) is 0 Å². The largest absolute Gasteiger partial charge is 0.283 e. The van der Waals surface area contributed by atoms with Crippen molar-refractivity contribution in [3.8, 4) is 11.4 Å². The van der Waals surface area contributed by atoms with Crippen molar-refractivity contribution in [3.05, 3.63) is 33.5 Å². The van der Waals surface area contributed by atoms with Crippen molar-refractivity contribution >= 4 is 38.0 Å². The number of nitrogens with zero attached hydrogens (tertiary/aromatic N) is 3. The summed E-state index contributed by atoms with van der Waals surface area (Å²) in [4.78, 5) is 6.38. The van der Waals surface area contributed by atoms with E-state index in [1.54, 1.807) is 4.68 Å². The second kappa shape index (κ2) is 6.46. The summed E-state index contributed by atoms with van der Waals surface area (Å²) in [5.74, 6) is 1.18. The van der Waals surface area contributed by atoms with Gasteiger partial charge in [0.2, 0.25) is 4.77 Å². The van der Waals surface area contributed by atoms with Crippen molar-refractivity contribution in [1.29, 1.82) is 0 Å². The van der Waals surface area contributed by atoms with E-state index >= 15 is 0 Å². The van der Waals surface area contributed by atoms with Crippen LogP contribution in [0.5, 0.6) is 0 Å². The normalized spacial score (nSPS) is 20.2. The molecule has 1 saturated heterocycles. The topological polar surface area (TPSA) is 71.0 Å². The molecule has 1 aliphatic heterocycles. The molecule has 23 heavy (non-hydrogen) atoms. The van der Waals surface area contributed by atoms with Crippen LogP contribution in [-0.4, -0.2) is 52.7 Å². The minimum atomic E-state index is -2.89. The lowest BCUT2D eigenvalue weighted by Gasteiger charge is -2.22. The molecular weight excluding hydrogens is 400 g/mol. The van der Waals surface area contributed by atoms with E-state index in [0.29, 0.717) is 23.7 Å². The van der Waals surface area contributed by atoms with Gasteiger partial charge in [0.05, 0.1) is 18.2 Å². The highest BCUT2D eigenvalue weighted by Crippen LogP contribution is 2.20. The first-order valence-corrected chi connectivity index (χ1v) is 10.2. The Morgan fingerprint density at radius 1 is 1.43 bits per heavy atom. The first-order valence-electron chi connectivity index (χ1n) is 7.17. The first-order chi connectivity index (χ1) is 10.8. The molecule has 0 radical (unpaired) electrons. The van der Waals surface area contributed by atoms with Crippen LogP contribution in [0.1, 0.15) is 6.42 Å². The summed E-state index contributed by atoms with van der Waals surface area (Å²) in [6, 6.07) is 7.83. The fourth-order valence-corrected chi connectivity index (χ4v) is 4.92. The van der Waals surface area contributed by atoms with Crippen LogP contribution in [0, 0.1) is 4.77 Å². The maximum Gasteiger partial charge on any atom is 0.217 e. The van der Waals surface area contributed by atoms with E-state index in [-0.39, 0.29) is 17.5 Å². The molecule has 6 nitrogen and oxygen atoms in total. The first kappa shape index (κ1) is 16.8. The molecule has 124 valence electrons. The molecule has 2 aromatic rings. The molecule has 2 heterocycles. The average molecular weight is 417 g/mol. The Morgan fingerprint density at radius 2 is 2.13 bits per heavy atom. The highest BCUT2D eigenvalue weighted by Gasteiger charge is 2.30. The van der Waals surface area contributed by atoms with Crippen LogP contribution in [0.25, 0.3) is 11.4 Å². The maximum atomic E-state index is 11.6. The summed E-state index contributed by atoms with van der Waals surface area (Å²) in [5.41, 5.74) is 0.948. The summed E-state index contributed by atoms with van der Waals surface area (Å²) in [5, 5.41) is 3.19. The van der Waals surface area contributed by atoms with Crippen LogP contribution in [0.2, 0.25) is 0 Å². The quantitative estimate of drug-likeness (QED) is 0.774. The van der Waals surface area contributed by atoms with Gasteiger partial charge in [-0.2, -0.15) is 4.98 Å². The van der Waals surface area contributed by atoms with E-state index in [9.17, 15) is 8.42 Å². The number of hydrogen-bond acceptors (Lipinski definition) is 5. The van der Waals surface area contributed by atoms with Crippen LogP contribution in [0.3, 0.4) is 0 Å². The monoisotopic (exact) mass is 416 g/mol. The van der Waals surface area contributed by atoms with Gasteiger partial charge < -0.3 is 0 Å². The van der Waals surface area contributed by atoms with Gasteiger partial charge in [0.25, 0.3) is 0 Å². The standard InChI is InChI=1S/C14H17BrN4O2S2/c1-18(12-6-7-23(20,21)8-12)9-19-14(22)16-13(17-19)10-2-4-11(15)5-3-10/h2-5,12H,6-9H2,1H3,(H,16,17,22)/t12-/m1/s1.